The first-order valence-electron chi connectivity index (χ1n) is 7.89. The molecule has 1 N–H and O–H groups in total. The predicted octanol–water partition coefficient (Wildman–Crippen LogP) is 3.34. The van der Waals surface area contributed by atoms with Crippen molar-refractivity contribution in [3.63, 3.8) is 0 Å². The van der Waals surface area contributed by atoms with Crippen LogP contribution >= 0.6 is 0 Å². The number of carbonyl (C=O) groups excluding carboxylic acids is 1. The van der Waals surface area contributed by atoms with Crippen LogP contribution in [0.5, 0.6) is 0 Å². The number of rotatable bonds is 2. The van der Waals surface area contributed by atoms with Crippen LogP contribution in [-0.4, -0.2) is 15.5 Å². The van der Waals surface area contributed by atoms with Crippen LogP contribution in [0.15, 0.2) is 71.7 Å². The van der Waals surface area contributed by atoms with Crippen molar-refractivity contribution < 1.29 is 4.79 Å². The van der Waals surface area contributed by atoms with E-state index in [4.69, 9.17) is 0 Å². The number of nitrogens with one attached hydrogen (secondary N) is 1. The van der Waals surface area contributed by atoms with Gasteiger partial charge in [-0.25, -0.2) is 4.98 Å². The molecule has 5 heteroatoms. The number of hydrogen-bond acceptors (Lipinski definition) is 3. The van der Waals surface area contributed by atoms with Gasteiger partial charge in [0.25, 0.3) is 11.5 Å². The Morgan fingerprint density at radius 1 is 1.00 bits per heavy atom. The normalized spacial score (nSPS) is 10.9. The molecule has 4 aromatic rings. The standard InChI is InChI=1S/C20H15N3O2/c1-23-18-14(8-5-11-21-18)12-16(20(23)25)19(24)22-17-10-4-7-13-6-2-3-9-15(13)17/h2-12H,1H3,(H,22,24). The number of fused-ring (bicyclic) bond motifs is 2. The summed E-state index contributed by atoms with van der Waals surface area (Å²) in [7, 11) is 1.62. The molecule has 0 spiro atoms. The van der Waals surface area contributed by atoms with E-state index >= 15 is 0 Å². The number of carbonyl (C=O) groups is 1. The number of aromatic nitrogens is 2. The second-order valence-electron chi connectivity index (χ2n) is 5.82. The number of anilines is 1. The summed E-state index contributed by atoms with van der Waals surface area (Å²) in [4.78, 5) is 29.5. The molecule has 5 nitrogen and oxygen atoms in total. The van der Waals surface area contributed by atoms with Crippen LogP contribution in [0.2, 0.25) is 0 Å². The molecule has 0 fully saturated rings. The van der Waals surface area contributed by atoms with Crippen LogP contribution < -0.4 is 10.9 Å². The number of nitrogens with zero attached hydrogens (tertiary/aromatic N) is 2. The largest absolute Gasteiger partial charge is 0.321 e. The molecule has 2 heterocycles. The Balaban J connectivity index is 1.80. The van der Waals surface area contributed by atoms with Gasteiger partial charge in [0.15, 0.2) is 0 Å². The molecule has 1 amide bonds. The van der Waals surface area contributed by atoms with E-state index in [1.165, 1.54) is 4.57 Å². The van der Waals surface area contributed by atoms with Gasteiger partial charge in [-0.2, -0.15) is 0 Å². The van der Waals surface area contributed by atoms with Crippen LogP contribution in [0, 0.1) is 0 Å². The number of amides is 1. The van der Waals surface area contributed by atoms with E-state index in [1.54, 1.807) is 25.4 Å². The summed E-state index contributed by atoms with van der Waals surface area (Å²) < 4.78 is 1.40. The van der Waals surface area contributed by atoms with E-state index in [-0.39, 0.29) is 11.1 Å². The van der Waals surface area contributed by atoms with Gasteiger partial charge in [-0.3, -0.25) is 14.2 Å². The Morgan fingerprint density at radius 2 is 1.76 bits per heavy atom. The van der Waals surface area contributed by atoms with E-state index in [9.17, 15) is 9.59 Å². The predicted molar refractivity (Wildman–Crippen MR) is 98.9 cm³/mol. The first kappa shape index (κ1) is 15.1. The topological polar surface area (TPSA) is 64.0 Å². The van der Waals surface area contributed by atoms with Crippen molar-refractivity contribution in [2.75, 3.05) is 5.32 Å². The fourth-order valence-corrected chi connectivity index (χ4v) is 2.98. The van der Waals surface area contributed by atoms with Crippen molar-refractivity contribution in [1.29, 1.82) is 0 Å². The highest BCUT2D eigenvalue weighted by molar-refractivity contribution is 6.09. The average Bonchev–Trinajstić information content (AvgIpc) is 2.65. The zero-order valence-corrected chi connectivity index (χ0v) is 13.6. The van der Waals surface area contributed by atoms with Gasteiger partial charge in [0.1, 0.15) is 11.2 Å². The van der Waals surface area contributed by atoms with Crippen LogP contribution in [0.1, 0.15) is 10.4 Å². The molecular weight excluding hydrogens is 314 g/mol. The van der Waals surface area contributed by atoms with Crippen molar-refractivity contribution in [3.8, 4) is 0 Å². The van der Waals surface area contributed by atoms with Crippen LogP contribution in [0.3, 0.4) is 0 Å². The number of aryl methyl sites for hydroxylation is 1. The highest BCUT2D eigenvalue weighted by Gasteiger charge is 2.15. The molecule has 2 aromatic carbocycles. The summed E-state index contributed by atoms with van der Waals surface area (Å²) in [6, 6.07) is 18.7. The second-order valence-corrected chi connectivity index (χ2v) is 5.82. The Labute approximate surface area is 143 Å². The van der Waals surface area contributed by atoms with Crippen molar-refractivity contribution in [1.82, 2.24) is 9.55 Å². The summed E-state index contributed by atoms with van der Waals surface area (Å²) in [6.45, 7) is 0. The molecule has 0 aliphatic rings. The molecule has 4 rings (SSSR count). The molecule has 0 saturated carbocycles. The number of pyridine rings is 2. The Morgan fingerprint density at radius 3 is 2.64 bits per heavy atom. The van der Waals surface area contributed by atoms with Gasteiger partial charge in [-0.15, -0.1) is 0 Å². The highest BCUT2D eigenvalue weighted by Crippen LogP contribution is 2.23. The quantitative estimate of drug-likeness (QED) is 0.613. The minimum atomic E-state index is -0.428. The smallest absolute Gasteiger partial charge is 0.264 e. The molecule has 0 aliphatic carbocycles. The summed E-state index contributed by atoms with van der Waals surface area (Å²) >= 11 is 0. The van der Waals surface area contributed by atoms with Crippen LogP contribution in [0.25, 0.3) is 21.8 Å². The minimum absolute atomic E-state index is 0.0935. The molecule has 0 bridgehead atoms. The third kappa shape index (κ3) is 2.55. The van der Waals surface area contributed by atoms with E-state index in [0.29, 0.717) is 11.3 Å². The lowest BCUT2D eigenvalue weighted by Crippen LogP contribution is -2.28. The fourth-order valence-electron chi connectivity index (χ4n) is 2.98. The van der Waals surface area contributed by atoms with E-state index in [0.717, 1.165) is 16.2 Å². The SMILES string of the molecule is Cn1c(=O)c(C(=O)Nc2cccc3ccccc23)cc2cccnc21. The molecule has 0 unspecified atom stereocenters. The van der Waals surface area contributed by atoms with Gasteiger partial charge < -0.3 is 5.32 Å². The molecule has 122 valence electrons. The van der Waals surface area contributed by atoms with Crippen molar-refractivity contribution >= 4 is 33.4 Å². The first-order chi connectivity index (χ1) is 12.1. The average molecular weight is 329 g/mol. The van der Waals surface area contributed by atoms with Gasteiger partial charge in [0, 0.05) is 29.7 Å². The van der Waals surface area contributed by atoms with Crippen LogP contribution in [0.4, 0.5) is 5.69 Å². The Kier molecular flexibility index (Phi) is 3.54. The number of hydrogen-bond donors (Lipinski definition) is 1. The lowest BCUT2D eigenvalue weighted by atomic mass is 10.1. The lowest BCUT2D eigenvalue weighted by molar-refractivity contribution is 0.102. The van der Waals surface area contributed by atoms with Gasteiger partial charge in [0.05, 0.1) is 0 Å². The van der Waals surface area contributed by atoms with E-state index in [1.807, 2.05) is 48.5 Å². The summed E-state index contributed by atoms with van der Waals surface area (Å²) in [5, 5.41) is 5.56. The van der Waals surface area contributed by atoms with Gasteiger partial charge in [0.2, 0.25) is 0 Å². The van der Waals surface area contributed by atoms with Gasteiger partial charge in [-0.1, -0.05) is 36.4 Å². The molecule has 0 atom stereocenters. The zero-order chi connectivity index (χ0) is 17.4. The molecule has 25 heavy (non-hydrogen) atoms. The molecule has 0 saturated heterocycles. The maximum absolute atomic E-state index is 12.7. The summed E-state index contributed by atoms with van der Waals surface area (Å²) in [5.74, 6) is -0.428. The zero-order valence-electron chi connectivity index (χ0n) is 13.6. The minimum Gasteiger partial charge on any atom is -0.321 e. The first-order valence-corrected chi connectivity index (χ1v) is 7.89. The molecule has 0 aliphatic heterocycles. The van der Waals surface area contributed by atoms with Crippen molar-refractivity contribution in [2.45, 2.75) is 0 Å². The second kappa shape index (κ2) is 5.87. The monoisotopic (exact) mass is 329 g/mol. The Bertz CT molecular complexity index is 1170. The molecular formula is C20H15N3O2. The van der Waals surface area contributed by atoms with Crippen LogP contribution in [-0.2, 0) is 7.05 Å². The summed E-state index contributed by atoms with van der Waals surface area (Å²) in [5.41, 5.74) is 0.950. The van der Waals surface area contributed by atoms with Gasteiger partial charge in [-0.05, 0) is 29.7 Å². The molecule has 2 aromatic heterocycles. The van der Waals surface area contributed by atoms with Crippen molar-refractivity contribution in [2.24, 2.45) is 7.05 Å². The maximum Gasteiger partial charge on any atom is 0.264 e. The van der Waals surface area contributed by atoms with E-state index < -0.39 is 5.91 Å². The maximum atomic E-state index is 12.7. The lowest BCUT2D eigenvalue weighted by Gasteiger charge is -2.10. The fraction of sp³-hybridized carbons (Fsp3) is 0.0500. The number of benzene rings is 2. The van der Waals surface area contributed by atoms with Crippen molar-refractivity contribution in [3.05, 3.63) is 82.8 Å². The summed E-state index contributed by atoms with van der Waals surface area (Å²) in [6.07, 6.45) is 1.62. The Hall–Kier alpha value is -3.47. The molecule has 0 radical (unpaired) electrons. The van der Waals surface area contributed by atoms with Gasteiger partial charge >= 0.3 is 0 Å². The van der Waals surface area contributed by atoms with E-state index in [2.05, 4.69) is 10.3 Å². The highest BCUT2D eigenvalue weighted by atomic mass is 16.2. The third-order valence-corrected chi connectivity index (χ3v) is 4.25. The third-order valence-electron chi connectivity index (χ3n) is 4.25.